The van der Waals surface area contributed by atoms with Gasteiger partial charge in [0.15, 0.2) is 5.78 Å². The summed E-state index contributed by atoms with van der Waals surface area (Å²) in [6.45, 7) is 10.1. The van der Waals surface area contributed by atoms with E-state index in [9.17, 15) is 9.59 Å². The molecule has 0 fully saturated rings. The van der Waals surface area contributed by atoms with Crippen molar-refractivity contribution in [2.24, 2.45) is 5.41 Å². The Morgan fingerprint density at radius 3 is 2.46 bits per heavy atom. The maximum Gasteiger partial charge on any atom is 0.330 e. The summed E-state index contributed by atoms with van der Waals surface area (Å²) in [5.41, 5.74) is 3.93. The molecule has 3 nitrogen and oxygen atoms in total. The molecule has 0 saturated carbocycles. The fourth-order valence-electron chi connectivity index (χ4n) is 2.67. The highest BCUT2D eigenvalue weighted by molar-refractivity contribution is 5.97. The second-order valence-corrected chi connectivity index (χ2v) is 6.86. The number of carbonyl (C=O) groups excluding carboxylic acids is 2. The first-order chi connectivity index (χ1) is 11.2. The minimum atomic E-state index is -0.357. The van der Waals surface area contributed by atoms with Crippen LogP contribution in [0.2, 0.25) is 0 Å². The Balaban J connectivity index is 2.86. The standard InChI is InChI=1S/C21H28O3/c1-15(8-7-9-16(2)14-20(23)24-6)10-11-18-17(3)19(22)12-13-21(18,4)5/h7-11,14H,12-13H2,1-6H3/b9-7+,11-10+,15-8-,16-14-. The van der Waals surface area contributed by atoms with Gasteiger partial charge in [-0.2, -0.15) is 0 Å². The Hall–Kier alpha value is -2.16. The average molecular weight is 328 g/mol. The second-order valence-electron chi connectivity index (χ2n) is 6.86. The molecular formula is C21H28O3. The number of allylic oxidation sites excluding steroid dienone is 9. The van der Waals surface area contributed by atoms with Gasteiger partial charge in [-0.05, 0) is 49.3 Å². The predicted molar refractivity (Wildman–Crippen MR) is 98.5 cm³/mol. The van der Waals surface area contributed by atoms with Crippen LogP contribution in [0, 0.1) is 5.41 Å². The molecule has 1 aliphatic carbocycles. The Morgan fingerprint density at radius 2 is 1.83 bits per heavy atom. The summed E-state index contributed by atoms with van der Waals surface area (Å²) in [6, 6.07) is 0. The lowest BCUT2D eigenvalue weighted by Crippen LogP contribution is -2.24. The summed E-state index contributed by atoms with van der Waals surface area (Å²) >= 11 is 0. The molecule has 0 aromatic rings. The summed E-state index contributed by atoms with van der Waals surface area (Å²) in [4.78, 5) is 23.1. The topological polar surface area (TPSA) is 43.4 Å². The van der Waals surface area contributed by atoms with Crippen molar-refractivity contribution >= 4 is 11.8 Å². The highest BCUT2D eigenvalue weighted by Crippen LogP contribution is 2.39. The van der Waals surface area contributed by atoms with Gasteiger partial charge in [-0.1, -0.05) is 49.8 Å². The van der Waals surface area contributed by atoms with Crippen LogP contribution in [0.15, 0.2) is 58.7 Å². The third kappa shape index (κ3) is 5.80. The van der Waals surface area contributed by atoms with Crippen molar-refractivity contribution in [3.05, 3.63) is 58.7 Å². The first kappa shape index (κ1) is 19.9. The number of Topliss-reactive ketones (excluding diaryl/α,β-unsaturated/α-hetero) is 1. The Bertz CT molecular complexity index is 653. The van der Waals surface area contributed by atoms with Crippen LogP contribution in [-0.2, 0) is 14.3 Å². The van der Waals surface area contributed by atoms with Gasteiger partial charge in [0.1, 0.15) is 0 Å². The highest BCUT2D eigenvalue weighted by atomic mass is 16.5. The average Bonchev–Trinajstić information content (AvgIpc) is 2.51. The van der Waals surface area contributed by atoms with Crippen LogP contribution in [0.25, 0.3) is 0 Å². The van der Waals surface area contributed by atoms with Gasteiger partial charge < -0.3 is 4.74 Å². The molecule has 0 aromatic carbocycles. The van der Waals surface area contributed by atoms with E-state index in [-0.39, 0.29) is 17.2 Å². The number of ketones is 1. The van der Waals surface area contributed by atoms with Crippen molar-refractivity contribution in [1.29, 1.82) is 0 Å². The summed E-state index contributed by atoms with van der Waals surface area (Å²) < 4.78 is 4.58. The van der Waals surface area contributed by atoms with Crippen LogP contribution in [0.5, 0.6) is 0 Å². The lowest BCUT2D eigenvalue weighted by molar-refractivity contribution is -0.134. The molecule has 0 aromatic heterocycles. The molecule has 0 bridgehead atoms. The van der Waals surface area contributed by atoms with E-state index in [1.165, 1.54) is 13.2 Å². The summed E-state index contributed by atoms with van der Waals surface area (Å²) in [5.74, 6) is -0.108. The monoisotopic (exact) mass is 328 g/mol. The number of esters is 1. The summed E-state index contributed by atoms with van der Waals surface area (Å²) in [7, 11) is 1.36. The van der Waals surface area contributed by atoms with Crippen LogP contribution in [0.4, 0.5) is 0 Å². The number of hydrogen-bond donors (Lipinski definition) is 0. The Morgan fingerprint density at radius 1 is 1.17 bits per heavy atom. The van der Waals surface area contributed by atoms with Gasteiger partial charge in [0, 0.05) is 12.5 Å². The van der Waals surface area contributed by atoms with Gasteiger partial charge >= 0.3 is 5.97 Å². The number of methoxy groups -OCH3 is 1. The van der Waals surface area contributed by atoms with Crippen molar-refractivity contribution in [1.82, 2.24) is 0 Å². The first-order valence-electron chi connectivity index (χ1n) is 8.21. The van der Waals surface area contributed by atoms with Gasteiger partial charge in [0.2, 0.25) is 0 Å². The zero-order chi connectivity index (χ0) is 18.3. The van der Waals surface area contributed by atoms with Gasteiger partial charge in [0.05, 0.1) is 7.11 Å². The lowest BCUT2D eigenvalue weighted by atomic mass is 9.72. The molecule has 1 aliphatic rings. The largest absolute Gasteiger partial charge is 0.466 e. The molecule has 0 atom stereocenters. The molecule has 0 heterocycles. The zero-order valence-electron chi connectivity index (χ0n) is 15.6. The Kier molecular flexibility index (Phi) is 7.15. The maximum absolute atomic E-state index is 11.9. The molecule has 24 heavy (non-hydrogen) atoms. The minimum absolute atomic E-state index is 0.0322. The zero-order valence-corrected chi connectivity index (χ0v) is 15.6. The van der Waals surface area contributed by atoms with Crippen LogP contribution < -0.4 is 0 Å². The van der Waals surface area contributed by atoms with E-state index in [1.54, 1.807) is 0 Å². The van der Waals surface area contributed by atoms with Gasteiger partial charge in [-0.25, -0.2) is 4.79 Å². The summed E-state index contributed by atoms with van der Waals surface area (Å²) in [6.07, 6.45) is 12.8. The molecule has 0 amide bonds. The van der Waals surface area contributed by atoms with E-state index in [4.69, 9.17) is 0 Å². The smallest absolute Gasteiger partial charge is 0.330 e. The molecule has 0 radical (unpaired) electrons. The van der Waals surface area contributed by atoms with Gasteiger partial charge in [-0.3, -0.25) is 4.79 Å². The van der Waals surface area contributed by atoms with E-state index in [2.05, 4.69) is 24.7 Å². The second kappa shape index (κ2) is 8.62. The summed E-state index contributed by atoms with van der Waals surface area (Å²) in [5, 5.41) is 0. The lowest BCUT2D eigenvalue weighted by Gasteiger charge is -2.32. The van der Waals surface area contributed by atoms with E-state index >= 15 is 0 Å². The van der Waals surface area contributed by atoms with Crippen molar-refractivity contribution in [3.8, 4) is 0 Å². The van der Waals surface area contributed by atoms with Gasteiger partial charge in [-0.15, -0.1) is 0 Å². The third-order valence-corrected chi connectivity index (χ3v) is 4.31. The van der Waals surface area contributed by atoms with Crippen molar-refractivity contribution in [2.75, 3.05) is 7.11 Å². The van der Waals surface area contributed by atoms with E-state index in [1.807, 2.05) is 45.1 Å². The Labute approximate surface area is 145 Å². The fourth-order valence-corrected chi connectivity index (χ4v) is 2.67. The molecular weight excluding hydrogens is 300 g/mol. The van der Waals surface area contributed by atoms with Crippen molar-refractivity contribution < 1.29 is 14.3 Å². The molecule has 0 N–H and O–H groups in total. The minimum Gasteiger partial charge on any atom is -0.466 e. The molecule has 0 aliphatic heterocycles. The molecule has 3 heteroatoms. The molecule has 0 unspecified atom stereocenters. The highest BCUT2D eigenvalue weighted by Gasteiger charge is 2.30. The van der Waals surface area contributed by atoms with Crippen molar-refractivity contribution in [2.45, 2.75) is 47.5 Å². The number of ether oxygens (including phenoxy) is 1. The van der Waals surface area contributed by atoms with Crippen LogP contribution >= 0.6 is 0 Å². The molecule has 0 saturated heterocycles. The van der Waals surface area contributed by atoms with E-state index in [0.717, 1.165) is 28.7 Å². The van der Waals surface area contributed by atoms with Gasteiger partial charge in [0.25, 0.3) is 0 Å². The molecule has 1 rings (SSSR count). The van der Waals surface area contributed by atoms with Crippen LogP contribution in [-0.4, -0.2) is 18.9 Å². The SMILES string of the molecule is COC(=O)\C=C(C)/C=C/C=C(C)\C=C\C1=C(C)C(=O)CCC1(C)C. The third-order valence-electron chi connectivity index (χ3n) is 4.31. The van der Waals surface area contributed by atoms with E-state index in [0.29, 0.717) is 6.42 Å². The fraction of sp³-hybridized carbons (Fsp3) is 0.429. The quantitative estimate of drug-likeness (QED) is 0.411. The molecule has 130 valence electrons. The number of rotatable bonds is 5. The van der Waals surface area contributed by atoms with Crippen LogP contribution in [0.3, 0.4) is 0 Å². The molecule has 0 spiro atoms. The number of carbonyl (C=O) groups is 2. The maximum atomic E-state index is 11.9. The van der Waals surface area contributed by atoms with E-state index < -0.39 is 0 Å². The van der Waals surface area contributed by atoms with Crippen molar-refractivity contribution in [3.63, 3.8) is 0 Å². The van der Waals surface area contributed by atoms with Crippen LogP contribution in [0.1, 0.15) is 47.5 Å². The first-order valence-corrected chi connectivity index (χ1v) is 8.21. The number of hydrogen-bond acceptors (Lipinski definition) is 3. The normalized spacial score (nSPS) is 19.5. The predicted octanol–water partition coefficient (Wildman–Crippen LogP) is 4.87.